The molecular formula is C22H18BrN3O. The molecule has 0 aliphatic carbocycles. The number of imidazole rings is 1. The summed E-state index contributed by atoms with van der Waals surface area (Å²) in [5, 5.41) is 0. The normalized spacial score (nSPS) is 17.7. The Kier molecular flexibility index (Phi) is 3.79. The summed E-state index contributed by atoms with van der Waals surface area (Å²) in [6, 6.07) is 17.1. The van der Waals surface area contributed by atoms with Crippen LogP contribution in [0.2, 0.25) is 0 Å². The lowest BCUT2D eigenvalue weighted by Crippen LogP contribution is -2.33. The van der Waals surface area contributed by atoms with E-state index in [0.29, 0.717) is 0 Å². The highest BCUT2D eigenvalue weighted by Gasteiger charge is 2.44. The Bertz CT molecular complexity index is 1110. The number of hydrogen-bond acceptors (Lipinski definition) is 3. The number of oxazole rings is 1. The van der Waals surface area contributed by atoms with Crippen LogP contribution in [0.25, 0.3) is 11.4 Å². The zero-order valence-corrected chi connectivity index (χ0v) is 16.5. The van der Waals surface area contributed by atoms with Crippen molar-refractivity contribution in [3.05, 3.63) is 94.4 Å². The highest BCUT2D eigenvalue weighted by Crippen LogP contribution is 2.49. The van der Waals surface area contributed by atoms with E-state index in [4.69, 9.17) is 4.42 Å². The molecule has 0 radical (unpaired) electrons. The first-order chi connectivity index (χ1) is 13.2. The SMILES string of the molecule is Cc1cnc(CCC2(c3ccc(Br)cc3)c3ccccc3-c3nccn32)o1. The monoisotopic (exact) mass is 419 g/mol. The van der Waals surface area contributed by atoms with Gasteiger partial charge in [0.15, 0.2) is 5.89 Å². The molecule has 3 heterocycles. The van der Waals surface area contributed by atoms with Crippen LogP contribution in [0.4, 0.5) is 0 Å². The number of hydrogen-bond donors (Lipinski definition) is 0. The van der Waals surface area contributed by atoms with E-state index in [-0.39, 0.29) is 5.54 Å². The second kappa shape index (κ2) is 6.20. The minimum Gasteiger partial charge on any atom is -0.446 e. The van der Waals surface area contributed by atoms with E-state index < -0.39 is 0 Å². The van der Waals surface area contributed by atoms with Crippen molar-refractivity contribution in [2.45, 2.75) is 25.3 Å². The van der Waals surface area contributed by atoms with Gasteiger partial charge in [0.25, 0.3) is 0 Å². The summed E-state index contributed by atoms with van der Waals surface area (Å²) < 4.78 is 9.13. The van der Waals surface area contributed by atoms with E-state index >= 15 is 0 Å². The number of fused-ring (bicyclic) bond motifs is 3. The van der Waals surface area contributed by atoms with Crippen LogP contribution in [0.15, 0.2) is 76.0 Å². The van der Waals surface area contributed by atoms with Gasteiger partial charge in [-0.25, -0.2) is 9.97 Å². The smallest absolute Gasteiger partial charge is 0.194 e. The van der Waals surface area contributed by atoms with E-state index in [0.717, 1.165) is 34.8 Å². The molecule has 1 unspecified atom stereocenters. The van der Waals surface area contributed by atoms with Gasteiger partial charge in [0.1, 0.15) is 11.6 Å². The minimum atomic E-state index is -0.328. The van der Waals surface area contributed by atoms with E-state index in [1.54, 1.807) is 6.20 Å². The van der Waals surface area contributed by atoms with Gasteiger partial charge < -0.3 is 8.98 Å². The molecule has 0 saturated carbocycles. The van der Waals surface area contributed by atoms with E-state index in [1.165, 1.54) is 16.7 Å². The maximum Gasteiger partial charge on any atom is 0.194 e. The van der Waals surface area contributed by atoms with E-state index in [2.05, 4.69) is 85.2 Å². The molecule has 0 fully saturated rings. The molecule has 0 saturated heterocycles. The molecule has 0 bridgehead atoms. The predicted octanol–water partition coefficient (Wildman–Crippen LogP) is 5.35. The first kappa shape index (κ1) is 16.5. The first-order valence-corrected chi connectivity index (χ1v) is 9.79. The summed E-state index contributed by atoms with van der Waals surface area (Å²) in [5.41, 5.74) is 3.37. The lowest BCUT2D eigenvalue weighted by molar-refractivity contribution is 0.384. The highest BCUT2D eigenvalue weighted by atomic mass is 79.9. The average Bonchev–Trinajstić information content (AvgIpc) is 3.38. The van der Waals surface area contributed by atoms with E-state index in [9.17, 15) is 0 Å². The highest BCUT2D eigenvalue weighted by molar-refractivity contribution is 9.10. The topological polar surface area (TPSA) is 43.9 Å². The fourth-order valence-corrected chi connectivity index (χ4v) is 4.47. The Labute approximate surface area is 166 Å². The Morgan fingerprint density at radius 3 is 2.67 bits per heavy atom. The van der Waals surface area contributed by atoms with Crippen molar-refractivity contribution in [2.75, 3.05) is 0 Å². The second-order valence-electron chi connectivity index (χ2n) is 6.90. The molecule has 1 atom stereocenters. The molecule has 134 valence electrons. The van der Waals surface area contributed by atoms with Gasteiger partial charge in [0.05, 0.1) is 11.7 Å². The van der Waals surface area contributed by atoms with E-state index in [1.807, 2.05) is 13.1 Å². The fourth-order valence-electron chi connectivity index (χ4n) is 4.20. The van der Waals surface area contributed by atoms with Crippen LogP contribution in [-0.2, 0) is 12.0 Å². The van der Waals surface area contributed by atoms with Crippen molar-refractivity contribution >= 4 is 15.9 Å². The van der Waals surface area contributed by atoms with Gasteiger partial charge in [-0.15, -0.1) is 0 Å². The van der Waals surface area contributed by atoms with Gasteiger partial charge in [-0.1, -0.05) is 52.3 Å². The molecule has 0 N–H and O–H groups in total. The largest absolute Gasteiger partial charge is 0.446 e. The summed E-state index contributed by atoms with van der Waals surface area (Å²) in [4.78, 5) is 9.07. The average molecular weight is 420 g/mol. The van der Waals surface area contributed by atoms with Crippen molar-refractivity contribution in [3.63, 3.8) is 0 Å². The molecule has 0 spiro atoms. The molecule has 1 aliphatic rings. The van der Waals surface area contributed by atoms with Crippen molar-refractivity contribution in [2.24, 2.45) is 0 Å². The Balaban J connectivity index is 1.70. The van der Waals surface area contributed by atoms with Crippen LogP contribution in [-0.4, -0.2) is 14.5 Å². The molecule has 2 aromatic carbocycles. The standard InChI is InChI=1S/C22H18BrN3O/c1-15-14-25-20(27-15)10-11-22(16-6-8-17(23)9-7-16)19-5-3-2-4-18(19)21-24-12-13-26(21)22/h2-9,12-14H,10-11H2,1H3. The van der Waals surface area contributed by atoms with Crippen molar-refractivity contribution in [3.8, 4) is 11.4 Å². The summed E-state index contributed by atoms with van der Waals surface area (Å²) in [6.45, 7) is 1.93. The van der Waals surface area contributed by atoms with Crippen molar-refractivity contribution in [1.82, 2.24) is 14.5 Å². The number of aromatic nitrogens is 3. The van der Waals surface area contributed by atoms with Gasteiger partial charge in [-0.2, -0.15) is 0 Å². The zero-order valence-electron chi connectivity index (χ0n) is 14.9. The number of benzene rings is 2. The molecule has 4 nitrogen and oxygen atoms in total. The molecular weight excluding hydrogens is 402 g/mol. The van der Waals surface area contributed by atoms with Gasteiger partial charge in [-0.3, -0.25) is 0 Å². The molecule has 5 heteroatoms. The third kappa shape index (κ3) is 2.49. The maximum absolute atomic E-state index is 5.76. The third-order valence-electron chi connectivity index (χ3n) is 5.36. The summed E-state index contributed by atoms with van der Waals surface area (Å²) in [5.74, 6) is 2.63. The predicted molar refractivity (Wildman–Crippen MR) is 108 cm³/mol. The zero-order chi connectivity index (χ0) is 18.4. The molecule has 4 aromatic rings. The number of aryl methyl sites for hydroxylation is 2. The lowest BCUT2D eigenvalue weighted by Gasteiger charge is -2.33. The minimum absolute atomic E-state index is 0.328. The van der Waals surface area contributed by atoms with Gasteiger partial charge >= 0.3 is 0 Å². The molecule has 1 aliphatic heterocycles. The molecule has 2 aromatic heterocycles. The van der Waals surface area contributed by atoms with Gasteiger partial charge in [-0.05, 0) is 36.6 Å². The Morgan fingerprint density at radius 1 is 1.07 bits per heavy atom. The van der Waals surface area contributed by atoms with Gasteiger partial charge in [0, 0.05) is 28.9 Å². The lowest BCUT2D eigenvalue weighted by atomic mass is 9.79. The van der Waals surface area contributed by atoms with Gasteiger partial charge in [0.2, 0.25) is 0 Å². The van der Waals surface area contributed by atoms with Crippen LogP contribution in [0.5, 0.6) is 0 Å². The van der Waals surface area contributed by atoms with Crippen LogP contribution in [0.3, 0.4) is 0 Å². The molecule has 27 heavy (non-hydrogen) atoms. The van der Waals surface area contributed by atoms with Crippen LogP contribution in [0, 0.1) is 6.92 Å². The summed E-state index contributed by atoms with van der Waals surface area (Å²) >= 11 is 3.56. The number of nitrogens with zero attached hydrogens (tertiary/aromatic N) is 3. The quantitative estimate of drug-likeness (QED) is 0.447. The van der Waals surface area contributed by atoms with Crippen LogP contribution in [0.1, 0.15) is 29.2 Å². The summed E-state index contributed by atoms with van der Waals surface area (Å²) in [7, 11) is 0. The maximum atomic E-state index is 5.76. The van der Waals surface area contributed by atoms with Crippen molar-refractivity contribution in [1.29, 1.82) is 0 Å². The van der Waals surface area contributed by atoms with Crippen LogP contribution >= 0.6 is 15.9 Å². The van der Waals surface area contributed by atoms with Crippen LogP contribution < -0.4 is 0 Å². The number of rotatable bonds is 4. The molecule has 0 amide bonds. The second-order valence-corrected chi connectivity index (χ2v) is 7.81. The van der Waals surface area contributed by atoms with Crippen molar-refractivity contribution < 1.29 is 4.42 Å². The third-order valence-corrected chi connectivity index (χ3v) is 5.89. The Hall–Kier alpha value is -2.66. The summed E-state index contributed by atoms with van der Waals surface area (Å²) in [6.07, 6.45) is 7.34. The fraction of sp³-hybridized carbons (Fsp3) is 0.182. The molecule has 5 rings (SSSR count). The first-order valence-electron chi connectivity index (χ1n) is 8.99. The Morgan fingerprint density at radius 2 is 1.89 bits per heavy atom. The number of halogens is 1.